The number of amides is 1. The number of fused-ring (bicyclic) bond motifs is 1. The minimum absolute atomic E-state index is 0. The van der Waals surface area contributed by atoms with Gasteiger partial charge in [0.05, 0.1) is 5.69 Å². The average molecular weight is 438 g/mol. The highest BCUT2D eigenvalue weighted by Gasteiger charge is 2.12. The van der Waals surface area contributed by atoms with E-state index < -0.39 is 0 Å². The van der Waals surface area contributed by atoms with Crippen LogP contribution in [0.1, 0.15) is 17.3 Å². The van der Waals surface area contributed by atoms with Crippen molar-refractivity contribution in [3.8, 4) is 23.0 Å². The van der Waals surface area contributed by atoms with E-state index in [1.54, 1.807) is 30.7 Å². The summed E-state index contributed by atoms with van der Waals surface area (Å²) in [7, 11) is 1.96. The third-order valence-electron chi connectivity index (χ3n) is 5.39. The van der Waals surface area contributed by atoms with Gasteiger partial charge in [-0.25, -0.2) is 4.98 Å². The summed E-state index contributed by atoms with van der Waals surface area (Å²) < 4.78 is 7.95. The maximum absolute atomic E-state index is 12.9. The van der Waals surface area contributed by atoms with Gasteiger partial charge in [0.1, 0.15) is 5.75 Å². The molecule has 0 unspecified atom stereocenters. The molecule has 3 aromatic heterocycles. The summed E-state index contributed by atoms with van der Waals surface area (Å²) in [6, 6.07) is 19.0. The van der Waals surface area contributed by atoms with Crippen molar-refractivity contribution in [2.45, 2.75) is 6.92 Å². The topological polar surface area (TPSA) is 81.9 Å². The molecule has 33 heavy (non-hydrogen) atoms. The molecule has 7 nitrogen and oxygen atoms in total. The van der Waals surface area contributed by atoms with Crippen LogP contribution < -0.4 is 10.1 Å². The molecule has 0 saturated carbocycles. The van der Waals surface area contributed by atoms with E-state index in [4.69, 9.17) is 4.74 Å². The van der Waals surface area contributed by atoms with Crippen LogP contribution in [-0.4, -0.2) is 25.4 Å². The van der Waals surface area contributed by atoms with Crippen LogP contribution in [0.3, 0.4) is 0 Å². The van der Waals surface area contributed by atoms with Crippen molar-refractivity contribution in [3.63, 3.8) is 0 Å². The Morgan fingerprint density at radius 2 is 1.97 bits per heavy atom. The number of rotatable bonds is 5. The number of nitrogens with one attached hydrogen (secondary N) is 1. The van der Waals surface area contributed by atoms with Crippen LogP contribution in [0.2, 0.25) is 0 Å². The molecular formula is C26H23N5O2. The number of anilines is 1. The molecule has 0 radical (unpaired) electrons. The van der Waals surface area contributed by atoms with Crippen molar-refractivity contribution in [3.05, 3.63) is 96.6 Å². The highest BCUT2D eigenvalue weighted by Crippen LogP contribution is 2.28. The number of carbonyl (C=O) groups is 1. The molecule has 0 saturated heterocycles. The van der Waals surface area contributed by atoms with Gasteiger partial charge in [-0.05, 0) is 60.3 Å². The largest absolute Gasteiger partial charge is 0.424 e. The molecule has 2 aromatic carbocycles. The maximum atomic E-state index is 12.9. The minimum atomic E-state index is -0.192. The number of hydrogen-bond donors (Lipinski definition) is 1. The molecule has 0 atom stereocenters. The standard InChI is InChI=1S/C26H21N5O2.H2/c1-17-5-8-21(29-25(32)19-7-6-18-10-13-31(2)23(18)14-19)15-24(17)33-26-28-12-9-22(30-26)20-4-3-11-27-16-20;/h3-16H,1-2H3,(H,29,32);1H. The van der Waals surface area contributed by atoms with E-state index >= 15 is 0 Å². The van der Waals surface area contributed by atoms with Crippen LogP contribution in [0.15, 0.2) is 85.5 Å². The van der Waals surface area contributed by atoms with Gasteiger partial charge in [-0.1, -0.05) is 12.1 Å². The fraction of sp³-hybridized carbons (Fsp3) is 0.0769. The van der Waals surface area contributed by atoms with E-state index in [0.717, 1.165) is 22.0 Å². The predicted octanol–water partition coefficient (Wildman–Crippen LogP) is 5.63. The molecule has 0 aliphatic rings. The van der Waals surface area contributed by atoms with E-state index in [1.807, 2.05) is 73.3 Å². The molecule has 0 fully saturated rings. The second kappa shape index (κ2) is 8.55. The smallest absolute Gasteiger partial charge is 0.322 e. The van der Waals surface area contributed by atoms with Crippen LogP contribution in [0.25, 0.3) is 22.2 Å². The van der Waals surface area contributed by atoms with E-state index in [0.29, 0.717) is 22.7 Å². The summed E-state index contributed by atoms with van der Waals surface area (Å²) >= 11 is 0. The Morgan fingerprint density at radius 1 is 1.06 bits per heavy atom. The van der Waals surface area contributed by atoms with Gasteiger partial charge in [-0.3, -0.25) is 9.78 Å². The predicted molar refractivity (Wildman–Crippen MR) is 130 cm³/mol. The van der Waals surface area contributed by atoms with Crippen LogP contribution in [0, 0.1) is 6.92 Å². The molecule has 0 bridgehead atoms. The quantitative estimate of drug-likeness (QED) is 0.385. The normalized spacial score (nSPS) is 10.8. The van der Waals surface area contributed by atoms with E-state index in [9.17, 15) is 4.79 Å². The second-order valence-corrected chi connectivity index (χ2v) is 7.70. The van der Waals surface area contributed by atoms with Crippen LogP contribution >= 0.6 is 0 Å². The van der Waals surface area contributed by atoms with Crippen molar-refractivity contribution >= 4 is 22.5 Å². The van der Waals surface area contributed by atoms with Gasteiger partial charge in [0.2, 0.25) is 0 Å². The molecule has 5 aromatic rings. The lowest BCUT2D eigenvalue weighted by Gasteiger charge is -2.11. The van der Waals surface area contributed by atoms with Crippen LogP contribution in [0.4, 0.5) is 5.69 Å². The molecular weight excluding hydrogens is 414 g/mol. The van der Waals surface area contributed by atoms with Gasteiger partial charge in [-0.2, -0.15) is 4.98 Å². The number of carbonyl (C=O) groups excluding carboxylic acids is 1. The monoisotopic (exact) mass is 437 g/mol. The van der Waals surface area contributed by atoms with Crippen molar-refractivity contribution in [2.24, 2.45) is 7.05 Å². The first-order chi connectivity index (χ1) is 16.1. The lowest BCUT2D eigenvalue weighted by atomic mass is 10.1. The molecule has 0 spiro atoms. The zero-order valence-electron chi connectivity index (χ0n) is 18.2. The van der Waals surface area contributed by atoms with Crippen LogP contribution in [-0.2, 0) is 7.05 Å². The van der Waals surface area contributed by atoms with Crippen molar-refractivity contribution in [1.82, 2.24) is 19.5 Å². The first-order valence-electron chi connectivity index (χ1n) is 10.5. The third-order valence-corrected chi connectivity index (χ3v) is 5.39. The second-order valence-electron chi connectivity index (χ2n) is 7.70. The molecule has 1 N–H and O–H groups in total. The zero-order valence-corrected chi connectivity index (χ0v) is 18.2. The first-order valence-corrected chi connectivity index (χ1v) is 10.5. The highest BCUT2D eigenvalue weighted by molar-refractivity contribution is 6.06. The number of aromatic nitrogens is 4. The molecule has 164 valence electrons. The fourth-order valence-electron chi connectivity index (χ4n) is 3.56. The third kappa shape index (κ3) is 4.29. The Kier molecular flexibility index (Phi) is 5.28. The van der Waals surface area contributed by atoms with Crippen molar-refractivity contribution in [2.75, 3.05) is 5.32 Å². The molecule has 7 heteroatoms. The Balaban J connectivity index is 0.00000274. The first kappa shape index (κ1) is 20.4. The zero-order chi connectivity index (χ0) is 22.8. The number of nitrogens with zero attached hydrogens (tertiary/aromatic N) is 4. The molecule has 5 rings (SSSR count). The van der Waals surface area contributed by atoms with Gasteiger partial charge >= 0.3 is 6.01 Å². The summed E-state index contributed by atoms with van der Waals surface area (Å²) in [5.41, 5.74) is 4.69. The lowest BCUT2D eigenvalue weighted by Crippen LogP contribution is -2.12. The van der Waals surface area contributed by atoms with Crippen LogP contribution in [0.5, 0.6) is 11.8 Å². The number of aryl methyl sites for hydroxylation is 2. The van der Waals surface area contributed by atoms with E-state index in [2.05, 4.69) is 20.3 Å². The van der Waals surface area contributed by atoms with Gasteiger partial charge < -0.3 is 14.6 Å². The summed E-state index contributed by atoms with van der Waals surface area (Å²) in [6.45, 7) is 1.93. The number of pyridine rings is 1. The minimum Gasteiger partial charge on any atom is -0.424 e. The Morgan fingerprint density at radius 3 is 2.82 bits per heavy atom. The number of benzene rings is 2. The molecule has 0 aliphatic carbocycles. The molecule has 1 amide bonds. The van der Waals surface area contributed by atoms with Gasteiger partial charge in [0.25, 0.3) is 5.91 Å². The summed E-state index contributed by atoms with van der Waals surface area (Å²) in [4.78, 5) is 25.7. The summed E-state index contributed by atoms with van der Waals surface area (Å²) in [5, 5.41) is 4.04. The Bertz CT molecular complexity index is 1470. The molecule has 3 heterocycles. The fourth-order valence-corrected chi connectivity index (χ4v) is 3.56. The van der Waals surface area contributed by atoms with E-state index in [1.165, 1.54) is 0 Å². The van der Waals surface area contributed by atoms with Crippen molar-refractivity contribution < 1.29 is 11.0 Å². The lowest BCUT2D eigenvalue weighted by molar-refractivity contribution is 0.102. The highest BCUT2D eigenvalue weighted by atomic mass is 16.5. The summed E-state index contributed by atoms with van der Waals surface area (Å²) in [5.74, 6) is 0.372. The number of ether oxygens (including phenoxy) is 1. The van der Waals surface area contributed by atoms with Gasteiger partial charge in [-0.15, -0.1) is 0 Å². The Labute approximate surface area is 192 Å². The van der Waals surface area contributed by atoms with Gasteiger partial charge in [0.15, 0.2) is 0 Å². The average Bonchev–Trinajstić information content (AvgIpc) is 3.22. The SMILES string of the molecule is Cc1ccc(NC(=O)c2ccc3ccn(C)c3c2)cc1Oc1nccc(-c2cccnc2)n1.[HH]. The Hall–Kier alpha value is -4.52. The van der Waals surface area contributed by atoms with E-state index in [-0.39, 0.29) is 13.3 Å². The number of hydrogen-bond acceptors (Lipinski definition) is 5. The molecule has 0 aliphatic heterocycles. The van der Waals surface area contributed by atoms with Crippen molar-refractivity contribution in [1.29, 1.82) is 0 Å². The maximum Gasteiger partial charge on any atom is 0.322 e. The summed E-state index contributed by atoms with van der Waals surface area (Å²) in [6.07, 6.45) is 7.07. The van der Waals surface area contributed by atoms with Gasteiger partial charge in [0, 0.05) is 61.7 Å².